The molecule has 0 aromatic heterocycles. The van der Waals surface area contributed by atoms with Gasteiger partial charge < -0.3 is 0 Å². The summed E-state index contributed by atoms with van der Waals surface area (Å²) in [5.41, 5.74) is 7.59. The Morgan fingerprint density at radius 2 is 1.67 bits per heavy atom. The van der Waals surface area contributed by atoms with Gasteiger partial charge in [0.1, 0.15) is 0 Å². The molecule has 0 amide bonds. The van der Waals surface area contributed by atoms with E-state index in [1.54, 1.807) is 0 Å². The van der Waals surface area contributed by atoms with Crippen LogP contribution in [-0.2, 0) is 0 Å². The topological polar surface area (TPSA) is 38.0 Å². The van der Waals surface area contributed by atoms with Crippen LogP contribution in [0.15, 0.2) is 18.2 Å². The van der Waals surface area contributed by atoms with Crippen molar-refractivity contribution < 1.29 is 0 Å². The highest BCUT2D eigenvalue weighted by Gasteiger charge is 2.33. The zero-order valence-electron chi connectivity index (χ0n) is 14.4. The van der Waals surface area contributed by atoms with Crippen molar-refractivity contribution in [3.05, 3.63) is 34.9 Å². The Labute approximate surface area is 130 Å². The van der Waals surface area contributed by atoms with Crippen molar-refractivity contribution in [2.45, 2.75) is 66.3 Å². The molecule has 118 valence electrons. The Bertz CT molecular complexity index is 465. The molecule has 0 spiro atoms. The van der Waals surface area contributed by atoms with Crippen molar-refractivity contribution >= 4 is 0 Å². The first-order valence-electron chi connectivity index (χ1n) is 8.36. The molecule has 0 saturated heterocycles. The summed E-state index contributed by atoms with van der Waals surface area (Å²) >= 11 is 0. The third-order valence-electron chi connectivity index (χ3n) is 5.54. The fraction of sp³-hybridized carbons (Fsp3) is 0.684. The average molecular weight is 288 g/mol. The molecule has 2 heteroatoms. The Hall–Kier alpha value is -0.860. The lowest BCUT2D eigenvalue weighted by atomic mass is 9.68. The van der Waals surface area contributed by atoms with Gasteiger partial charge >= 0.3 is 0 Å². The van der Waals surface area contributed by atoms with Gasteiger partial charge in [0.15, 0.2) is 0 Å². The summed E-state index contributed by atoms with van der Waals surface area (Å²) in [6.45, 7) is 11.5. The van der Waals surface area contributed by atoms with E-state index >= 15 is 0 Å². The molecule has 0 heterocycles. The smallest absolute Gasteiger partial charge is 0.0488 e. The first-order valence-corrected chi connectivity index (χ1v) is 8.36. The van der Waals surface area contributed by atoms with Gasteiger partial charge in [-0.05, 0) is 73.5 Å². The molecule has 21 heavy (non-hydrogen) atoms. The summed E-state index contributed by atoms with van der Waals surface area (Å²) in [4.78, 5) is 0. The maximum Gasteiger partial charge on any atom is 0.0488 e. The van der Waals surface area contributed by atoms with Crippen LogP contribution >= 0.6 is 0 Å². The van der Waals surface area contributed by atoms with Gasteiger partial charge in [0, 0.05) is 6.04 Å². The van der Waals surface area contributed by atoms with Gasteiger partial charge in [-0.15, -0.1) is 0 Å². The average Bonchev–Trinajstić information content (AvgIpc) is 2.43. The van der Waals surface area contributed by atoms with Crippen LogP contribution in [0.5, 0.6) is 0 Å². The molecule has 1 aromatic rings. The molecule has 1 saturated carbocycles. The second kappa shape index (κ2) is 6.50. The lowest BCUT2D eigenvalue weighted by molar-refractivity contribution is 0.132. The minimum Gasteiger partial charge on any atom is -0.271 e. The van der Waals surface area contributed by atoms with Crippen LogP contribution in [0, 0.1) is 31.1 Å². The molecule has 0 radical (unpaired) electrons. The Balaban J connectivity index is 2.07. The van der Waals surface area contributed by atoms with E-state index in [0.29, 0.717) is 17.4 Å². The summed E-state index contributed by atoms with van der Waals surface area (Å²) in [5.74, 6) is 7.41. The highest BCUT2D eigenvalue weighted by Crippen LogP contribution is 2.43. The summed E-state index contributed by atoms with van der Waals surface area (Å²) in [6.07, 6.45) is 5.22. The number of aryl methyl sites for hydroxylation is 2. The van der Waals surface area contributed by atoms with Gasteiger partial charge in [0.25, 0.3) is 0 Å². The Kier molecular flexibility index (Phi) is 5.11. The van der Waals surface area contributed by atoms with E-state index in [0.717, 1.165) is 5.92 Å². The molecule has 2 nitrogen and oxygen atoms in total. The number of nitrogens with two attached hydrogens (primary N) is 1. The van der Waals surface area contributed by atoms with Crippen molar-refractivity contribution in [2.24, 2.45) is 23.1 Å². The molecule has 3 N–H and O–H groups in total. The summed E-state index contributed by atoms with van der Waals surface area (Å²) in [7, 11) is 0. The zero-order chi connectivity index (χ0) is 15.6. The Morgan fingerprint density at radius 3 is 2.14 bits per heavy atom. The molecule has 0 bridgehead atoms. The minimum absolute atomic E-state index is 0.296. The first kappa shape index (κ1) is 16.5. The van der Waals surface area contributed by atoms with Crippen molar-refractivity contribution in [3.8, 4) is 0 Å². The minimum atomic E-state index is 0.296. The second-order valence-corrected chi connectivity index (χ2v) is 7.97. The van der Waals surface area contributed by atoms with Crippen LogP contribution in [0.1, 0.15) is 69.2 Å². The number of hydrogen-bond donors (Lipinski definition) is 2. The maximum absolute atomic E-state index is 5.89. The Morgan fingerprint density at radius 1 is 1.05 bits per heavy atom. The first-order chi connectivity index (χ1) is 9.82. The molecular weight excluding hydrogens is 256 g/mol. The molecule has 1 unspecified atom stereocenters. The third kappa shape index (κ3) is 3.87. The lowest BCUT2D eigenvalue weighted by Gasteiger charge is -2.39. The van der Waals surface area contributed by atoms with E-state index in [2.05, 4.69) is 58.2 Å². The van der Waals surface area contributed by atoms with Gasteiger partial charge in [-0.3, -0.25) is 11.3 Å². The van der Waals surface area contributed by atoms with Gasteiger partial charge in [0.05, 0.1) is 0 Å². The molecule has 2 rings (SSSR count). The molecule has 1 aliphatic carbocycles. The van der Waals surface area contributed by atoms with Gasteiger partial charge in [0.2, 0.25) is 0 Å². The molecule has 1 fully saturated rings. The van der Waals surface area contributed by atoms with Gasteiger partial charge in [-0.2, -0.15) is 0 Å². The second-order valence-electron chi connectivity index (χ2n) is 7.97. The van der Waals surface area contributed by atoms with Crippen molar-refractivity contribution in [1.82, 2.24) is 5.43 Å². The molecule has 0 aliphatic heterocycles. The predicted molar refractivity (Wildman–Crippen MR) is 90.9 cm³/mol. The highest BCUT2D eigenvalue weighted by atomic mass is 15.2. The standard InChI is InChI=1S/C19H32N2/c1-13-6-7-16(12-14(13)2)18(21-20)15-8-10-17(11-9-15)19(3,4)5/h6-7,12,15,17-18,21H,8-11,20H2,1-5H3. The molecule has 1 aromatic carbocycles. The van der Waals surface area contributed by atoms with Crippen LogP contribution in [0.3, 0.4) is 0 Å². The third-order valence-corrected chi connectivity index (χ3v) is 5.54. The van der Waals surface area contributed by atoms with Crippen molar-refractivity contribution in [3.63, 3.8) is 0 Å². The van der Waals surface area contributed by atoms with E-state index in [-0.39, 0.29) is 0 Å². The molecular formula is C19H32N2. The largest absolute Gasteiger partial charge is 0.271 e. The molecule has 1 atom stereocenters. The van der Waals surface area contributed by atoms with E-state index < -0.39 is 0 Å². The number of nitrogens with one attached hydrogen (secondary N) is 1. The predicted octanol–water partition coefficient (Wildman–Crippen LogP) is 4.66. The van der Waals surface area contributed by atoms with Crippen LogP contribution < -0.4 is 11.3 Å². The quantitative estimate of drug-likeness (QED) is 0.627. The molecule has 1 aliphatic rings. The SMILES string of the molecule is Cc1ccc(C(NN)C2CCC(C(C)(C)C)CC2)cc1C. The van der Waals surface area contributed by atoms with Gasteiger partial charge in [-0.25, -0.2) is 0 Å². The van der Waals surface area contributed by atoms with E-state index in [1.807, 2.05) is 0 Å². The highest BCUT2D eigenvalue weighted by molar-refractivity contribution is 5.32. The monoisotopic (exact) mass is 288 g/mol. The van der Waals surface area contributed by atoms with E-state index in [4.69, 9.17) is 5.84 Å². The van der Waals surface area contributed by atoms with Crippen molar-refractivity contribution in [2.75, 3.05) is 0 Å². The van der Waals surface area contributed by atoms with Crippen molar-refractivity contribution in [1.29, 1.82) is 0 Å². The number of rotatable bonds is 3. The van der Waals surface area contributed by atoms with Crippen LogP contribution in [0.25, 0.3) is 0 Å². The summed E-state index contributed by atoms with van der Waals surface area (Å²) < 4.78 is 0. The normalized spacial score (nSPS) is 24.9. The fourth-order valence-electron chi connectivity index (χ4n) is 3.78. The zero-order valence-corrected chi connectivity index (χ0v) is 14.4. The van der Waals surface area contributed by atoms with Gasteiger partial charge in [-0.1, -0.05) is 39.0 Å². The maximum atomic E-state index is 5.89. The number of benzene rings is 1. The van der Waals surface area contributed by atoms with E-state index in [1.165, 1.54) is 42.4 Å². The summed E-state index contributed by atoms with van der Waals surface area (Å²) in [5, 5.41) is 0. The number of hydrogen-bond acceptors (Lipinski definition) is 2. The van der Waals surface area contributed by atoms with E-state index in [9.17, 15) is 0 Å². The fourth-order valence-corrected chi connectivity index (χ4v) is 3.78. The van der Waals surface area contributed by atoms with Crippen LogP contribution in [0.2, 0.25) is 0 Å². The van der Waals surface area contributed by atoms with Crippen LogP contribution in [-0.4, -0.2) is 0 Å². The lowest BCUT2D eigenvalue weighted by Crippen LogP contribution is -2.36. The summed E-state index contributed by atoms with van der Waals surface area (Å²) in [6, 6.07) is 7.05. The number of hydrazine groups is 1. The van der Waals surface area contributed by atoms with Crippen LogP contribution in [0.4, 0.5) is 0 Å².